The fraction of sp³-hybridized carbons (Fsp3) is 0.897. The van der Waals surface area contributed by atoms with Gasteiger partial charge in [0.1, 0.15) is 12.7 Å². The van der Waals surface area contributed by atoms with E-state index in [0.717, 1.165) is 57.8 Å². The minimum atomic E-state index is -4.61. The fourth-order valence-electron chi connectivity index (χ4n) is 5.52. The summed E-state index contributed by atoms with van der Waals surface area (Å²) in [5, 5.41) is 18.3. The third-order valence-corrected chi connectivity index (χ3v) is 9.62. The van der Waals surface area contributed by atoms with E-state index in [1.807, 2.05) is 0 Å². The Morgan fingerprint density at radius 1 is 0.580 bits per heavy atom. The van der Waals surface area contributed by atoms with Crippen LogP contribution in [0.15, 0.2) is 12.2 Å². The van der Waals surface area contributed by atoms with Gasteiger partial charge in [0.05, 0.1) is 19.8 Å². The minimum Gasteiger partial charge on any atom is -0.462 e. The van der Waals surface area contributed by atoms with Crippen LogP contribution in [0.5, 0.6) is 0 Å². The highest BCUT2D eigenvalue weighted by molar-refractivity contribution is 7.47. The Hall–Kier alpha value is -1.29. The van der Waals surface area contributed by atoms with Crippen molar-refractivity contribution < 1.29 is 47.8 Å². The van der Waals surface area contributed by atoms with Crippen LogP contribution >= 0.6 is 7.82 Å². The molecule has 0 aliphatic carbocycles. The molecule has 1 unspecified atom stereocenters. The molecule has 0 saturated heterocycles. The number of rotatable bonds is 38. The number of hydrogen-bond acceptors (Lipinski definition) is 9. The molecule has 50 heavy (non-hydrogen) atoms. The molecule has 0 spiro atoms. The summed E-state index contributed by atoms with van der Waals surface area (Å²) in [6, 6.07) is 0. The van der Waals surface area contributed by atoms with Crippen LogP contribution in [0, 0.1) is 0 Å². The van der Waals surface area contributed by atoms with Crippen LogP contribution < -0.4 is 0 Å². The van der Waals surface area contributed by atoms with Crippen molar-refractivity contribution >= 4 is 19.8 Å². The van der Waals surface area contributed by atoms with Gasteiger partial charge in [-0.15, -0.1) is 0 Å². The Morgan fingerprint density at radius 2 is 0.980 bits per heavy atom. The lowest BCUT2D eigenvalue weighted by Crippen LogP contribution is -2.29. The molecule has 0 radical (unpaired) electrons. The Balaban J connectivity index is 4.33. The molecule has 0 amide bonds. The molecule has 0 aromatic carbocycles. The van der Waals surface area contributed by atoms with Crippen LogP contribution in [-0.4, -0.2) is 65.7 Å². The quantitative estimate of drug-likeness (QED) is 0.0242. The normalized spacial score (nSPS) is 14.1. The minimum absolute atomic E-state index is 0.178. The highest BCUT2D eigenvalue weighted by atomic mass is 31.2. The molecule has 10 nitrogen and oxygen atoms in total. The highest BCUT2D eigenvalue weighted by Crippen LogP contribution is 2.43. The third kappa shape index (κ3) is 35.1. The maximum Gasteiger partial charge on any atom is 0.472 e. The summed E-state index contributed by atoms with van der Waals surface area (Å²) in [6.07, 6.45) is 31.8. The van der Waals surface area contributed by atoms with Crippen LogP contribution in [0.25, 0.3) is 0 Å². The third-order valence-electron chi connectivity index (χ3n) is 8.67. The monoisotopic (exact) mass is 735 g/mol. The van der Waals surface area contributed by atoms with Gasteiger partial charge >= 0.3 is 19.8 Å². The second kappa shape index (κ2) is 36.1. The zero-order valence-corrected chi connectivity index (χ0v) is 32.8. The summed E-state index contributed by atoms with van der Waals surface area (Å²) >= 11 is 0. The number of aliphatic hydroxyl groups excluding tert-OH is 2. The van der Waals surface area contributed by atoms with Crippen LogP contribution in [0.4, 0.5) is 0 Å². The van der Waals surface area contributed by atoms with Crippen molar-refractivity contribution in [3.63, 3.8) is 0 Å². The molecule has 0 aromatic rings. The van der Waals surface area contributed by atoms with Gasteiger partial charge in [-0.05, 0) is 38.5 Å². The second-order valence-corrected chi connectivity index (χ2v) is 15.1. The molecular weight excluding hydrogens is 659 g/mol. The van der Waals surface area contributed by atoms with Gasteiger partial charge in [0.15, 0.2) is 6.10 Å². The Labute approximate surface area is 305 Å². The number of ether oxygens (including phenoxy) is 2. The molecule has 3 atom stereocenters. The Kier molecular flexibility index (Phi) is 35.2. The average Bonchev–Trinajstić information content (AvgIpc) is 3.10. The van der Waals surface area contributed by atoms with Gasteiger partial charge in [0, 0.05) is 12.8 Å². The molecule has 0 rings (SSSR count). The first kappa shape index (κ1) is 48.7. The number of phosphoric ester groups is 1. The molecule has 0 bridgehead atoms. The molecule has 0 aliphatic rings. The molecule has 296 valence electrons. The lowest BCUT2D eigenvalue weighted by atomic mass is 10.0. The van der Waals surface area contributed by atoms with Crippen molar-refractivity contribution in [1.82, 2.24) is 0 Å². The topological polar surface area (TPSA) is 149 Å². The van der Waals surface area contributed by atoms with Gasteiger partial charge in [0.2, 0.25) is 0 Å². The maximum atomic E-state index is 12.5. The molecular formula is C39H75O10P. The number of phosphoric acid groups is 1. The number of carbonyl (C=O) groups is 2. The lowest BCUT2D eigenvalue weighted by molar-refractivity contribution is -0.161. The molecule has 0 aliphatic heterocycles. The zero-order valence-electron chi connectivity index (χ0n) is 31.9. The van der Waals surface area contributed by atoms with Crippen molar-refractivity contribution in [2.75, 3.05) is 26.4 Å². The first-order valence-corrected chi connectivity index (χ1v) is 21.6. The standard InChI is InChI=1S/C39H75O10P/c1-3-5-7-9-11-13-15-17-19-20-22-24-26-28-30-38(42)46-34-37(35-48-50(44,45)47-33-36(41)32-40)49-39(43)31-29-27-25-23-21-18-16-14-12-10-8-6-4-2/h14,16,36-37,40-41H,3-13,15,17-35H2,1-2H3,(H,44,45)/b16-14-/t36-,37+/m0/s1. The number of carbonyl (C=O) groups excluding carboxylic acids is 2. The van der Waals surface area contributed by atoms with Crippen LogP contribution in [0.1, 0.15) is 187 Å². The van der Waals surface area contributed by atoms with Gasteiger partial charge in [-0.3, -0.25) is 18.6 Å². The zero-order chi connectivity index (χ0) is 37.0. The van der Waals surface area contributed by atoms with E-state index in [9.17, 15) is 24.2 Å². The van der Waals surface area contributed by atoms with Crippen molar-refractivity contribution in [2.45, 2.75) is 199 Å². The van der Waals surface area contributed by atoms with E-state index >= 15 is 0 Å². The molecule has 0 heterocycles. The van der Waals surface area contributed by atoms with Crippen molar-refractivity contribution in [1.29, 1.82) is 0 Å². The van der Waals surface area contributed by atoms with Gasteiger partial charge < -0.3 is 24.6 Å². The van der Waals surface area contributed by atoms with Gasteiger partial charge in [-0.25, -0.2) is 4.57 Å². The number of aliphatic hydroxyl groups is 2. The molecule has 0 saturated carbocycles. The number of unbranched alkanes of at least 4 members (excludes halogenated alkanes) is 22. The van der Waals surface area contributed by atoms with Crippen LogP contribution in [0.3, 0.4) is 0 Å². The predicted molar refractivity (Wildman–Crippen MR) is 201 cm³/mol. The summed E-state index contributed by atoms with van der Waals surface area (Å²) in [7, 11) is -4.61. The van der Waals surface area contributed by atoms with Crippen molar-refractivity contribution in [2.24, 2.45) is 0 Å². The van der Waals surface area contributed by atoms with E-state index in [0.29, 0.717) is 12.8 Å². The van der Waals surface area contributed by atoms with E-state index in [1.165, 1.54) is 89.9 Å². The van der Waals surface area contributed by atoms with E-state index in [-0.39, 0.29) is 19.4 Å². The Morgan fingerprint density at radius 3 is 1.46 bits per heavy atom. The van der Waals surface area contributed by atoms with E-state index in [2.05, 4.69) is 30.5 Å². The second-order valence-electron chi connectivity index (χ2n) is 13.7. The molecule has 0 aromatic heterocycles. The van der Waals surface area contributed by atoms with Crippen molar-refractivity contribution in [3.05, 3.63) is 12.2 Å². The molecule has 11 heteroatoms. The summed E-state index contributed by atoms with van der Waals surface area (Å²) in [5.41, 5.74) is 0. The van der Waals surface area contributed by atoms with Gasteiger partial charge in [0.25, 0.3) is 0 Å². The van der Waals surface area contributed by atoms with E-state index in [1.54, 1.807) is 0 Å². The summed E-state index contributed by atoms with van der Waals surface area (Å²) < 4.78 is 32.6. The number of esters is 2. The molecule has 3 N–H and O–H groups in total. The van der Waals surface area contributed by atoms with E-state index < -0.39 is 51.8 Å². The van der Waals surface area contributed by atoms with Gasteiger partial charge in [-0.1, -0.05) is 148 Å². The summed E-state index contributed by atoms with van der Waals surface area (Å²) in [6.45, 7) is 2.36. The number of hydrogen-bond donors (Lipinski definition) is 3. The van der Waals surface area contributed by atoms with Crippen LogP contribution in [0.2, 0.25) is 0 Å². The summed E-state index contributed by atoms with van der Waals surface area (Å²) in [5.74, 6) is -0.928. The predicted octanol–water partition coefficient (Wildman–Crippen LogP) is 10.1. The van der Waals surface area contributed by atoms with Crippen molar-refractivity contribution in [3.8, 4) is 0 Å². The van der Waals surface area contributed by atoms with Gasteiger partial charge in [-0.2, -0.15) is 0 Å². The fourth-order valence-corrected chi connectivity index (χ4v) is 6.31. The largest absolute Gasteiger partial charge is 0.472 e. The lowest BCUT2D eigenvalue weighted by Gasteiger charge is -2.20. The SMILES string of the molecule is CCCCCC/C=C\CCCCCCCC(=O)O[C@H](COC(=O)CCCCCCCCCCCCCCCC)COP(=O)(O)OC[C@@H](O)CO. The Bertz CT molecular complexity index is 853. The molecule has 0 fully saturated rings. The number of allylic oxidation sites excluding steroid dienone is 2. The summed E-state index contributed by atoms with van der Waals surface area (Å²) in [4.78, 5) is 34.8. The van der Waals surface area contributed by atoms with E-state index in [4.69, 9.17) is 19.1 Å². The first-order valence-electron chi connectivity index (χ1n) is 20.1. The smallest absolute Gasteiger partial charge is 0.462 e. The van der Waals surface area contributed by atoms with Crippen LogP contribution in [-0.2, 0) is 32.7 Å². The average molecular weight is 735 g/mol. The first-order chi connectivity index (χ1) is 24.2. The highest BCUT2D eigenvalue weighted by Gasteiger charge is 2.27. The maximum absolute atomic E-state index is 12.5.